The molecule has 4 nitrogen and oxygen atoms in total. The van der Waals surface area contributed by atoms with Gasteiger partial charge in [0, 0.05) is 17.8 Å². The van der Waals surface area contributed by atoms with E-state index in [1.165, 1.54) is 11.8 Å². The molecule has 6 heteroatoms. The van der Waals surface area contributed by atoms with Crippen molar-refractivity contribution < 1.29 is 9.59 Å². The maximum Gasteiger partial charge on any atom is 0.267 e. The molecule has 2 amide bonds. The lowest BCUT2D eigenvalue weighted by Gasteiger charge is -2.16. The third-order valence-electron chi connectivity index (χ3n) is 3.30. The molecule has 0 radical (unpaired) electrons. The van der Waals surface area contributed by atoms with Gasteiger partial charge in [0.05, 0.1) is 10.5 Å². The van der Waals surface area contributed by atoms with E-state index >= 15 is 0 Å². The fraction of sp³-hybridized carbons (Fsp3) is 0.267. The van der Waals surface area contributed by atoms with Gasteiger partial charge in [-0.15, -0.1) is 0 Å². The van der Waals surface area contributed by atoms with Crippen molar-refractivity contribution in [2.75, 3.05) is 11.9 Å². The minimum absolute atomic E-state index is 0.166. The molecule has 1 N–H and O–H groups in total. The van der Waals surface area contributed by atoms with Crippen molar-refractivity contribution >= 4 is 51.4 Å². The molecule has 0 saturated carbocycles. The van der Waals surface area contributed by atoms with Crippen LogP contribution in [0.25, 0.3) is 5.57 Å². The van der Waals surface area contributed by atoms with Gasteiger partial charge in [0.1, 0.15) is 4.32 Å². The van der Waals surface area contributed by atoms with Gasteiger partial charge >= 0.3 is 0 Å². The first-order valence-electron chi connectivity index (χ1n) is 6.67. The van der Waals surface area contributed by atoms with Crippen molar-refractivity contribution in [3.63, 3.8) is 0 Å². The van der Waals surface area contributed by atoms with Gasteiger partial charge in [-0.2, -0.15) is 0 Å². The molecule has 1 aromatic rings. The third kappa shape index (κ3) is 2.38. The molecule has 1 saturated heterocycles. The van der Waals surface area contributed by atoms with Crippen LogP contribution < -0.4 is 5.32 Å². The van der Waals surface area contributed by atoms with E-state index in [-0.39, 0.29) is 11.8 Å². The minimum Gasteiger partial charge on any atom is -0.321 e. The van der Waals surface area contributed by atoms with Gasteiger partial charge in [-0.3, -0.25) is 14.5 Å². The summed E-state index contributed by atoms with van der Waals surface area (Å²) in [6.45, 7) is 4.64. The predicted octanol–water partition coefficient (Wildman–Crippen LogP) is 2.87. The highest BCUT2D eigenvalue weighted by atomic mass is 32.2. The zero-order valence-corrected chi connectivity index (χ0v) is 13.3. The highest BCUT2D eigenvalue weighted by molar-refractivity contribution is 8.26. The number of hydrogen-bond acceptors (Lipinski definition) is 4. The van der Waals surface area contributed by atoms with Gasteiger partial charge in [0.2, 0.25) is 0 Å². The van der Waals surface area contributed by atoms with Crippen molar-refractivity contribution in [2.24, 2.45) is 5.92 Å². The number of benzene rings is 1. The fourth-order valence-corrected chi connectivity index (χ4v) is 3.77. The zero-order valence-electron chi connectivity index (χ0n) is 11.7. The average molecular weight is 318 g/mol. The lowest BCUT2D eigenvalue weighted by molar-refractivity contribution is -0.122. The molecule has 1 fully saturated rings. The van der Waals surface area contributed by atoms with E-state index in [0.717, 1.165) is 11.3 Å². The first-order valence-corrected chi connectivity index (χ1v) is 7.90. The molecule has 2 aliphatic rings. The van der Waals surface area contributed by atoms with Gasteiger partial charge in [-0.25, -0.2) is 0 Å². The number of anilines is 1. The van der Waals surface area contributed by atoms with Crippen LogP contribution in [0.3, 0.4) is 0 Å². The van der Waals surface area contributed by atoms with E-state index < -0.39 is 0 Å². The number of nitrogens with one attached hydrogen (secondary N) is 1. The van der Waals surface area contributed by atoms with E-state index in [2.05, 4.69) is 5.32 Å². The number of carbonyl (C=O) groups excluding carboxylic acids is 2. The molecule has 108 valence electrons. The van der Waals surface area contributed by atoms with Crippen LogP contribution in [0.1, 0.15) is 19.4 Å². The number of fused-ring (bicyclic) bond motifs is 1. The Kier molecular flexibility index (Phi) is 3.59. The molecule has 0 spiro atoms. The molecule has 2 heterocycles. The molecule has 0 bridgehead atoms. The van der Waals surface area contributed by atoms with Crippen LogP contribution >= 0.6 is 24.0 Å². The van der Waals surface area contributed by atoms with E-state index in [0.29, 0.717) is 27.3 Å². The Morgan fingerprint density at radius 3 is 2.71 bits per heavy atom. The third-order valence-corrected chi connectivity index (χ3v) is 4.74. The molecule has 0 atom stereocenters. The smallest absolute Gasteiger partial charge is 0.267 e. The lowest BCUT2D eigenvalue weighted by atomic mass is 10.1. The summed E-state index contributed by atoms with van der Waals surface area (Å²) in [4.78, 5) is 26.8. The summed E-state index contributed by atoms with van der Waals surface area (Å²) in [6, 6.07) is 7.38. The summed E-state index contributed by atoms with van der Waals surface area (Å²) in [5, 5.41) is 2.79. The molecule has 1 aromatic carbocycles. The van der Waals surface area contributed by atoms with Crippen molar-refractivity contribution in [3.05, 3.63) is 34.7 Å². The Bertz CT molecular complexity index is 695. The van der Waals surface area contributed by atoms with Crippen LogP contribution in [0, 0.1) is 5.92 Å². The Hall–Kier alpha value is -1.66. The molecule has 0 aliphatic carbocycles. The summed E-state index contributed by atoms with van der Waals surface area (Å²) in [7, 11) is 0. The van der Waals surface area contributed by atoms with Gasteiger partial charge in [-0.05, 0) is 12.0 Å². The van der Waals surface area contributed by atoms with E-state index in [1.807, 2.05) is 38.1 Å². The normalized spacial score (nSPS) is 21.3. The Balaban J connectivity index is 2.06. The summed E-state index contributed by atoms with van der Waals surface area (Å²) >= 11 is 6.50. The van der Waals surface area contributed by atoms with Crippen molar-refractivity contribution in [2.45, 2.75) is 13.8 Å². The van der Waals surface area contributed by atoms with Gasteiger partial charge in [-0.1, -0.05) is 56.0 Å². The second-order valence-corrected chi connectivity index (χ2v) is 7.03. The van der Waals surface area contributed by atoms with Crippen LogP contribution in [-0.2, 0) is 9.59 Å². The molecule has 21 heavy (non-hydrogen) atoms. The molecule has 2 aliphatic heterocycles. The van der Waals surface area contributed by atoms with Crippen molar-refractivity contribution in [1.29, 1.82) is 0 Å². The second-order valence-electron chi connectivity index (χ2n) is 5.38. The largest absolute Gasteiger partial charge is 0.321 e. The zero-order chi connectivity index (χ0) is 15.1. The highest BCUT2D eigenvalue weighted by Gasteiger charge is 2.39. The lowest BCUT2D eigenvalue weighted by Crippen LogP contribution is -2.31. The SMILES string of the molecule is CC(C)CN1C(=O)/C(=C2/C(=O)Nc3ccccc32)SC1=S. The monoisotopic (exact) mass is 318 g/mol. The van der Waals surface area contributed by atoms with Crippen LogP contribution in [-0.4, -0.2) is 27.6 Å². The molecule has 3 rings (SSSR count). The number of para-hydroxylation sites is 1. The van der Waals surface area contributed by atoms with Gasteiger partial charge < -0.3 is 5.32 Å². The summed E-state index contributed by atoms with van der Waals surface area (Å²) in [5.41, 5.74) is 1.95. The average Bonchev–Trinajstić information content (AvgIpc) is 2.89. The number of amides is 2. The van der Waals surface area contributed by atoms with Gasteiger partial charge in [0.25, 0.3) is 11.8 Å². The molecule has 0 unspecified atom stereocenters. The van der Waals surface area contributed by atoms with Crippen molar-refractivity contribution in [3.8, 4) is 0 Å². The van der Waals surface area contributed by atoms with Crippen LogP contribution in [0.5, 0.6) is 0 Å². The second kappa shape index (κ2) is 5.27. The fourth-order valence-electron chi connectivity index (χ4n) is 2.41. The maximum absolute atomic E-state index is 12.6. The van der Waals surface area contributed by atoms with E-state index in [9.17, 15) is 9.59 Å². The Labute approximate surface area is 132 Å². The standard InChI is InChI=1S/C15H14N2O2S2/c1-8(2)7-17-14(19)12(21-15(17)20)11-9-5-3-4-6-10(9)16-13(11)18/h3-6,8H,7H2,1-2H3,(H,16,18)/b12-11-. The summed E-state index contributed by atoms with van der Waals surface area (Å²) in [6.07, 6.45) is 0. The number of thioether (sulfide) groups is 1. The van der Waals surface area contributed by atoms with Crippen LogP contribution in [0.15, 0.2) is 29.2 Å². The topological polar surface area (TPSA) is 49.4 Å². The van der Waals surface area contributed by atoms with Gasteiger partial charge in [0.15, 0.2) is 0 Å². The predicted molar refractivity (Wildman–Crippen MR) is 88.7 cm³/mol. The number of carbonyl (C=O) groups is 2. The van der Waals surface area contributed by atoms with Crippen LogP contribution in [0.4, 0.5) is 5.69 Å². The maximum atomic E-state index is 12.6. The van der Waals surface area contributed by atoms with Crippen LogP contribution in [0.2, 0.25) is 0 Å². The molecule has 0 aromatic heterocycles. The first-order chi connectivity index (χ1) is 9.99. The minimum atomic E-state index is -0.235. The number of nitrogens with zero attached hydrogens (tertiary/aromatic N) is 1. The number of hydrogen-bond donors (Lipinski definition) is 1. The first kappa shape index (κ1) is 14.3. The number of rotatable bonds is 2. The van der Waals surface area contributed by atoms with Crippen molar-refractivity contribution in [1.82, 2.24) is 4.90 Å². The summed E-state index contributed by atoms with van der Waals surface area (Å²) in [5.74, 6) is -0.0802. The quantitative estimate of drug-likeness (QED) is 0.673. The van der Waals surface area contributed by atoms with E-state index in [4.69, 9.17) is 12.2 Å². The Morgan fingerprint density at radius 1 is 1.29 bits per heavy atom. The van der Waals surface area contributed by atoms with E-state index in [1.54, 1.807) is 4.90 Å². The summed E-state index contributed by atoms with van der Waals surface area (Å²) < 4.78 is 0.522. The molecular formula is C15H14N2O2S2. The number of thiocarbonyl (C=S) groups is 1. The highest BCUT2D eigenvalue weighted by Crippen LogP contribution is 2.42. The Morgan fingerprint density at radius 2 is 2.00 bits per heavy atom. The molecular weight excluding hydrogens is 304 g/mol.